The van der Waals surface area contributed by atoms with E-state index in [1.807, 2.05) is 36.4 Å². The molecule has 0 saturated carbocycles. The second kappa shape index (κ2) is 9.59. The summed E-state index contributed by atoms with van der Waals surface area (Å²) in [5, 5.41) is 0. The first-order valence-electron chi connectivity index (χ1n) is 10.6. The lowest BCUT2D eigenvalue weighted by molar-refractivity contribution is -0.914. The SMILES string of the molecule is CC(=O)c1ccc(N2CC[NH+](Cc3cccc(OCc4ccccc4)c3)CC2)cc1. The molecule has 154 valence electrons. The van der Waals surface area contributed by atoms with Crippen LogP contribution < -0.4 is 14.5 Å². The van der Waals surface area contributed by atoms with E-state index < -0.39 is 0 Å². The Kier molecular flexibility index (Phi) is 6.45. The molecule has 1 fully saturated rings. The number of benzene rings is 3. The van der Waals surface area contributed by atoms with Crippen molar-refractivity contribution in [3.05, 3.63) is 95.6 Å². The normalized spacial score (nSPS) is 14.5. The number of quaternary nitrogens is 1. The molecule has 3 aromatic carbocycles. The monoisotopic (exact) mass is 401 g/mol. The van der Waals surface area contributed by atoms with Crippen LogP contribution in [0, 0.1) is 0 Å². The van der Waals surface area contributed by atoms with Crippen LogP contribution in [0.4, 0.5) is 5.69 Å². The molecule has 0 atom stereocenters. The molecule has 0 unspecified atom stereocenters. The minimum Gasteiger partial charge on any atom is -0.489 e. The quantitative estimate of drug-likeness (QED) is 0.617. The van der Waals surface area contributed by atoms with E-state index in [1.165, 1.54) is 16.8 Å². The van der Waals surface area contributed by atoms with Gasteiger partial charge in [0.25, 0.3) is 0 Å². The van der Waals surface area contributed by atoms with Gasteiger partial charge in [-0.05, 0) is 48.9 Å². The van der Waals surface area contributed by atoms with Gasteiger partial charge in [0.15, 0.2) is 5.78 Å². The van der Waals surface area contributed by atoms with Crippen LogP contribution in [-0.4, -0.2) is 32.0 Å². The molecule has 30 heavy (non-hydrogen) atoms. The molecular formula is C26H29N2O2+. The summed E-state index contributed by atoms with van der Waals surface area (Å²) in [6, 6.07) is 26.7. The summed E-state index contributed by atoms with van der Waals surface area (Å²) in [6.07, 6.45) is 0. The van der Waals surface area contributed by atoms with Crippen molar-refractivity contribution in [2.45, 2.75) is 20.1 Å². The van der Waals surface area contributed by atoms with Crippen molar-refractivity contribution in [1.82, 2.24) is 0 Å². The highest BCUT2D eigenvalue weighted by atomic mass is 16.5. The Balaban J connectivity index is 1.29. The van der Waals surface area contributed by atoms with Gasteiger partial charge in [0.2, 0.25) is 0 Å². The summed E-state index contributed by atoms with van der Waals surface area (Å²) < 4.78 is 5.98. The Bertz CT molecular complexity index is 962. The molecular weight excluding hydrogens is 372 g/mol. The zero-order valence-corrected chi connectivity index (χ0v) is 17.5. The number of hydrogen-bond donors (Lipinski definition) is 1. The Morgan fingerprint density at radius 1 is 0.900 bits per heavy atom. The molecule has 1 heterocycles. The van der Waals surface area contributed by atoms with E-state index in [1.54, 1.807) is 11.8 Å². The number of hydrogen-bond acceptors (Lipinski definition) is 3. The smallest absolute Gasteiger partial charge is 0.159 e. The van der Waals surface area contributed by atoms with Gasteiger partial charge in [-0.25, -0.2) is 0 Å². The third-order valence-electron chi connectivity index (χ3n) is 5.71. The summed E-state index contributed by atoms with van der Waals surface area (Å²) >= 11 is 0. The largest absolute Gasteiger partial charge is 0.489 e. The highest BCUT2D eigenvalue weighted by Crippen LogP contribution is 2.17. The second-order valence-electron chi connectivity index (χ2n) is 7.94. The van der Waals surface area contributed by atoms with Gasteiger partial charge in [0.05, 0.1) is 26.2 Å². The highest BCUT2D eigenvalue weighted by Gasteiger charge is 2.20. The standard InChI is InChI=1S/C26H28N2O2/c1-21(29)24-10-12-25(13-11-24)28-16-14-27(15-17-28)19-23-8-5-9-26(18-23)30-20-22-6-3-2-4-7-22/h2-13,18H,14-17,19-20H2,1H3/p+1. The zero-order valence-electron chi connectivity index (χ0n) is 17.5. The molecule has 1 N–H and O–H groups in total. The van der Waals surface area contributed by atoms with Gasteiger partial charge in [0, 0.05) is 16.8 Å². The van der Waals surface area contributed by atoms with Crippen molar-refractivity contribution >= 4 is 11.5 Å². The van der Waals surface area contributed by atoms with Gasteiger partial charge in [0.1, 0.15) is 18.9 Å². The van der Waals surface area contributed by atoms with E-state index in [-0.39, 0.29) is 5.78 Å². The number of nitrogens with zero attached hydrogens (tertiary/aromatic N) is 1. The summed E-state index contributed by atoms with van der Waals surface area (Å²) in [6.45, 7) is 7.47. The molecule has 4 rings (SSSR count). The minimum atomic E-state index is 0.116. The van der Waals surface area contributed by atoms with E-state index in [0.29, 0.717) is 6.61 Å². The van der Waals surface area contributed by atoms with Gasteiger partial charge in [-0.2, -0.15) is 0 Å². The lowest BCUT2D eigenvalue weighted by Crippen LogP contribution is -3.13. The van der Waals surface area contributed by atoms with Crippen molar-refractivity contribution < 1.29 is 14.4 Å². The lowest BCUT2D eigenvalue weighted by atomic mass is 10.1. The lowest BCUT2D eigenvalue weighted by Gasteiger charge is -2.33. The molecule has 4 nitrogen and oxygen atoms in total. The van der Waals surface area contributed by atoms with Crippen molar-refractivity contribution in [1.29, 1.82) is 0 Å². The molecule has 0 aliphatic carbocycles. The molecule has 3 aromatic rings. The fourth-order valence-electron chi connectivity index (χ4n) is 3.94. The average Bonchev–Trinajstić information content (AvgIpc) is 2.79. The van der Waals surface area contributed by atoms with Gasteiger partial charge >= 0.3 is 0 Å². The highest BCUT2D eigenvalue weighted by molar-refractivity contribution is 5.94. The number of carbonyl (C=O) groups excluding carboxylic acids is 1. The van der Waals surface area contributed by atoms with E-state index in [4.69, 9.17) is 4.74 Å². The summed E-state index contributed by atoms with van der Waals surface area (Å²) in [5.74, 6) is 1.05. The van der Waals surface area contributed by atoms with Crippen LogP contribution in [0.1, 0.15) is 28.4 Å². The molecule has 0 aromatic heterocycles. The second-order valence-corrected chi connectivity index (χ2v) is 7.94. The van der Waals surface area contributed by atoms with Gasteiger partial charge in [-0.3, -0.25) is 4.79 Å². The Labute approximate surface area is 178 Å². The van der Waals surface area contributed by atoms with Crippen LogP contribution in [0.3, 0.4) is 0 Å². The maximum Gasteiger partial charge on any atom is 0.159 e. The number of nitrogens with one attached hydrogen (secondary N) is 1. The predicted octanol–water partition coefficient (Wildman–Crippen LogP) is 3.37. The number of piperazine rings is 1. The number of ketones is 1. The third kappa shape index (κ3) is 5.28. The van der Waals surface area contributed by atoms with Crippen LogP contribution >= 0.6 is 0 Å². The third-order valence-corrected chi connectivity index (χ3v) is 5.71. The van der Waals surface area contributed by atoms with E-state index in [9.17, 15) is 4.79 Å². The maximum atomic E-state index is 11.5. The fourth-order valence-corrected chi connectivity index (χ4v) is 3.94. The zero-order chi connectivity index (χ0) is 20.8. The minimum absolute atomic E-state index is 0.116. The van der Waals surface area contributed by atoms with Crippen molar-refractivity contribution in [2.24, 2.45) is 0 Å². The Morgan fingerprint density at radius 3 is 2.30 bits per heavy atom. The molecule has 4 heteroatoms. The number of carbonyl (C=O) groups is 1. The molecule has 1 aliphatic rings. The average molecular weight is 402 g/mol. The Morgan fingerprint density at radius 2 is 1.60 bits per heavy atom. The van der Waals surface area contributed by atoms with Gasteiger partial charge in [-0.15, -0.1) is 0 Å². The molecule has 0 bridgehead atoms. The van der Waals surface area contributed by atoms with Crippen LogP contribution in [0.5, 0.6) is 5.75 Å². The summed E-state index contributed by atoms with van der Waals surface area (Å²) in [5.41, 5.74) is 4.48. The van der Waals surface area contributed by atoms with Crippen LogP contribution in [-0.2, 0) is 13.2 Å². The molecule has 1 saturated heterocycles. The first-order valence-corrected chi connectivity index (χ1v) is 10.6. The molecule has 1 aliphatic heterocycles. The van der Waals surface area contributed by atoms with Gasteiger partial charge < -0.3 is 14.5 Å². The fraction of sp³-hybridized carbons (Fsp3) is 0.269. The van der Waals surface area contributed by atoms with Crippen LogP contribution in [0.2, 0.25) is 0 Å². The molecule has 0 amide bonds. The number of Topliss-reactive ketones (excluding diaryl/α,β-unsaturated/α-hetero) is 1. The number of rotatable bonds is 7. The Hall–Kier alpha value is -3.11. The van der Waals surface area contributed by atoms with E-state index >= 15 is 0 Å². The van der Waals surface area contributed by atoms with Crippen LogP contribution in [0.25, 0.3) is 0 Å². The van der Waals surface area contributed by atoms with Crippen LogP contribution in [0.15, 0.2) is 78.9 Å². The van der Waals surface area contributed by atoms with Crippen molar-refractivity contribution in [3.63, 3.8) is 0 Å². The summed E-state index contributed by atoms with van der Waals surface area (Å²) in [7, 11) is 0. The van der Waals surface area contributed by atoms with E-state index in [2.05, 4.69) is 47.4 Å². The topological polar surface area (TPSA) is 34.0 Å². The van der Waals surface area contributed by atoms with Crippen molar-refractivity contribution in [2.75, 3.05) is 31.1 Å². The number of ether oxygens (including phenoxy) is 1. The van der Waals surface area contributed by atoms with Gasteiger partial charge in [-0.1, -0.05) is 42.5 Å². The summed E-state index contributed by atoms with van der Waals surface area (Å²) in [4.78, 5) is 15.5. The molecule has 0 spiro atoms. The number of anilines is 1. The predicted molar refractivity (Wildman–Crippen MR) is 120 cm³/mol. The van der Waals surface area contributed by atoms with Crippen molar-refractivity contribution in [3.8, 4) is 5.75 Å². The molecule has 0 radical (unpaired) electrons. The maximum absolute atomic E-state index is 11.5. The first kappa shape index (κ1) is 20.2. The first-order chi connectivity index (χ1) is 14.7. The van der Waals surface area contributed by atoms with E-state index in [0.717, 1.165) is 44.0 Å².